The van der Waals surface area contributed by atoms with Gasteiger partial charge in [0.05, 0.1) is 6.04 Å². The number of carbonyl (C=O) groups excluding carboxylic acids is 1. The minimum absolute atomic E-state index is 0.0418. The van der Waals surface area contributed by atoms with E-state index in [1.807, 2.05) is 20.0 Å². The molecule has 1 amide bonds. The molecular weight excluding hydrogens is 244 g/mol. The molecule has 4 heteroatoms. The zero-order valence-electron chi connectivity index (χ0n) is 11.6. The first-order valence-corrected chi connectivity index (χ1v) is 7.53. The second kappa shape index (κ2) is 8.27. The first-order chi connectivity index (χ1) is 8.65. The van der Waals surface area contributed by atoms with Gasteiger partial charge in [0.2, 0.25) is 5.91 Å². The van der Waals surface area contributed by atoms with E-state index in [9.17, 15) is 4.79 Å². The molecule has 18 heavy (non-hydrogen) atoms. The molecule has 3 nitrogen and oxygen atoms in total. The molecule has 1 N–H and O–H groups in total. The predicted octanol–water partition coefficient (Wildman–Crippen LogP) is 2.53. The van der Waals surface area contributed by atoms with Gasteiger partial charge in [0.1, 0.15) is 0 Å². The van der Waals surface area contributed by atoms with Crippen LogP contribution in [-0.2, 0) is 11.2 Å². The molecule has 1 atom stereocenters. The Morgan fingerprint density at radius 2 is 2.33 bits per heavy atom. The summed E-state index contributed by atoms with van der Waals surface area (Å²) < 4.78 is 0. The van der Waals surface area contributed by atoms with Crippen molar-refractivity contribution >= 4 is 17.2 Å². The maximum atomic E-state index is 11.9. The number of hydrogen-bond donors (Lipinski definition) is 1. The van der Waals surface area contributed by atoms with E-state index < -0.39 is 0 Å². The van der Waals surface area contributed by atoms with Gasteiger partial charge in [-0.25, -0.2) is 0 Å². The third-order valence-corrected chi connectivity index (χ3v) is 4.09. The first-order valence-electron chi connectivity index (χ1n) is 6.65. The molecule has 0 bridgehead atoms. The summed E-state index contributed by atoms with van der Waals surface area (Å²) in [5, 5.41) is 5.07. The van der Waals surface area contributed by atoms with Gasteiger partial charge in [-0.1, -0.05) is 19.4 Å². The largest absolute Gasteiger partial charge is 0.354 e. The van der Waals surface area contributed by atoms with Crippen LogP contribution in [0.25, 0.3) is 0 Å². The Balaban J connectivity index is 2.22. The van der Waals surface area contributed by atoms with Crippen molar-refractivity contribution in [3.05, 3.63) is 22.4 Å². The second-order valence-corrected chi connectivity index (χ2v) is 5.66. The Hall–Kier alpha value is -0.870. The van der Waals surface area contributed by atoms with Crippen LogP contribution in [0, 0.1) is 0 Å². The van der Waals surface area contributed by atoms with Crippen molar-refractivity contribution in [3.8, 4) is 0 Å². The number of rotatable bonds is 8. The van der Waals surface area contributed by atoms with E-state index in [1.165, 1.54) is 4.88 Å². The van der Waals surface area contributed by atoms with Gasteiger partial charge in [0.25, 0.3) is 0 Å². The van der Waals surface area contributed by atoms with Gasteiger partial charge >= 0.3 is 0 Å². The van der Waals surface area contributed by atoms with Crippen molar-refractivity contribution in [1.82, 2.24) is 10.2 Å². The summed E-state index contributed by atoms with van der Waals surface area (Å²) in [5.74, 6) is 0.130. The topological polar surface area (TPSA) is 32.3 Å². The smallest absolute Gasteiger partial charge is 0.237 e. The Morgan fingerprint density at radius 1 is 1.56 bits per heavy atom. The number of nitrogens with one attached hydrogen (secondary N) is 1. The van der Waals surface area contributed by atoms with Crippen molar-refractivity contribution in [2.24, 2.45) is 0 Å². The number of carbonyl (C=O) groups is 1. The minimum Gasteiger partial charge on any atom is -0.354 e. The zero-order chi connectivity index (χ0) is 13.4. The highest BCUT2D eigenvalue weighted by Crippen LogP contribution is 2.08. The summed E-state index contributed by atoms with van der Waals surface area (Å²) >= 11 is 1.74. The van der Waals surface area contributed by atoms with Crippen molar-refractivity contribution in [3.63, 3.8) is 0 Å². The van der Waals surface area contributed by atoms with Gasteiger partial charge in [0, 0.05) is 11.4 Å². The van der Waals surface area contributed by atoms with Crippen LogP contribution in [0.1, 0.15) is 31.6 Å². The monoisotopic (exact) mass is 268 g/mol. The molecule has 0 aliphatic heterocycles. The van der Waals surface area contributed by atoms with Crippen molar-refractivity contribution in [1.29, 1.82) is 0 Å². The normalized spacial score (nSPS) is 12.7. The third kappa shape index (κ3) is 5.19. The predicted molar refractivity (Wildman–Crippen MR) is 78.0 cm³/mol. The Kier molecular flexibility index (Phi) is 6.98. The number of likely N-dealkylation sites (N-methyl/N-ethyl adjacent to an activating group) is 1. The summed E-state index contributed by atoms with van der Waals surface area (Å²) in [6, 6.07) is 4.11. The maximum absolute atomic E-state index is 11.9. The summed E-state index contributed by atoms with van der Waals surface area (Å²) in [6.45, 7) is 5.84. The van der Waals surface area contributed by atoms with Gasteiger partial charge in [-0.3, -0.25) is 9.69 Å². The van der Waals surface area contributed by atoms with Crippen molar-refractivity contribution in [2.75, 3.05) is 20.1 Å². The van der Waals surface area contributed by atoms with E-state index in [0.29, 0.717) is 0 Å². The number of hydrogen-bond acceptors (Lipinski definition) is 3. The standard InChI is InChI=1S/C14H24N2OS/c1-4-5-10-16(3)12(2)14(17)15-9-8-13-7-6-11-18-13/h6-7,11-12H,4-5,8-10H2,1-3H3,(H,15,17). The van der Waals surface area contributed by atoms with Crippen LogP contribution >= 0.6 is 11.3 Å². The maximum Gasteiger partial charge on any atom is 0.237 e. The first kappa shape index (κ1) is 15.2. The van der Waals surface area contributed by atoms with Crippen LogP contribution in [0.5, 0.6) is 0 Å². The Labute approximate surface area is 114 Å². The highest BCUT2D eigenvalue weighted by atomic mass is 32.1. The van der Waals surface area contributed by atoms with Crippen LogP contribution in [0.4, 0.5) is 0 Å². The molecule has 0 aromatic carbocycles. The highest BCUT2D eigenvalue weighted by molar-refractivity contribution is 7.09. The van der Waals surface area contributed by atoms with Crippen LogP contribution in [0.2, 0.25) is 0 Å². The van der Waals surface area contributed by atoms with E-state index in [2.05, 4.69) is 28.6 Å². The lowest BCUT2D eigenvalue weighted by molar-refractivity contribution is -0.125. The van der Waals surface area contributed by atoms with E-state index in [-0.39, 0.29) is 11.9 Å². The summed E-state index contributed by atoms with van der Waals surface area (Å²) in [5.41, 5.74) is 0. The van der Waals surface area contributed by atoms with Crippen LogP contribution < -0.4 is 5.32 Å². The van der Waals surface area contributed by atoms with Gasteiger partial charge < -0.3 is 5.32 Å². The number of unbranched alkanes of at least 4 members (excludes halogenated alkanes) is 1. The fourth-order valence-electron chi connectivity index (χ4n) is 1.71. The molecule has 1 rings (SSSR count). The lowest BCUT2D eigenvalue weighted by atomic mass is 10.2. The van der Waals surface area contributed by atoms with Crippen molar-refractivity contribution < 1.29 is 4.79 Å². The van der Waals surface area contributed by atoms with Gasteiger partial charge in [0.15, 0.2) is 0 Å². The Bertz CT molecular complexity index is 338. The molecule has 1 aromatic rings. The molecule has 0 saturated carbocycles. The average Bonchev–Trinajstić information content (AvgIpc) is 2.87. The third-order valence-electron chi connectivity index (χ3n) is 3.16. The molecule has 1 aromatic heterocycles. The minimum atomic E-state index is -0.0418. The van der Waals surface area contributed by atoms with Crippen molar-refractivity contribution in [2.45, 2.75) is 39.2 Å². The molecular formula is C14H24N2OS. The second-order valence-electron chi connectivity index (χ2n) is 4.63. The molecule has 0 aliphatic rings. The molecule has 0 aliphatic carbocycles. The van der Waals surface area contributed by atoms with E-state index in [4.69, 9.17) is 0 Å². The average molecular weight is 268 g/mol. The van der Waals surface area contributed by atoms with Crippen LogP contribution in [-0.4, -0.2) is 37.0 Å². The van der Waals surface area contributed by atoms with E-state index >= 15 is 0 Å². The molecule has 1 heterocycles. The van der Waals surface area contributed by atoms with Gasteiger partial charge in [-0.2, -0.15) is 0 Å². The number of nitrogens with zero attached hydrogens (tertiary/aromatic N) is 1. The summed E-state index contributed by atoms with van der Waals surface area (Å²) in [7, 11) is 2.01. The highest BCUT2D eigenvalue weighted by Gasteiger charge is 2.16. The SMILES string of the molecule is CCCCN(C)C(C)C(=O)NCCc1cccs1. The summed E-state index contributed by atoms with van der Waals surface area (Å²) in [4.78, 5) is 15.4. The fraction of sp³-hybridized carbons (Fsp3) is 0.643. The molecule has 0 spiro atoms. The zero-order valence-corrected chi connectivity index (χ0v) is 12.4. The number of amides is 1. The quantitative estimate of drug-likeness (QED) is 0.786. The van der Waals surface area contributed by atoms with Crippen LogP contribution in [0.15, 0.2) is 17.5 Å². The van der Waals surface area contributed by atoms with Crippen LogP contribution in [0.3, 0.4) is 0 Å². The molecule has 0 saturated heterocycles. The van der Waals surface area contributed by atoms with Gasteiger partial charge in [-0.05, 0) is 44.8 Å². The Morgan fingerprint density at radius 3 is 2.94 bits per heavy atom. The summed E-state index contributed by atoms with van der Waals surface area (Å²) in [6.07, 6.45) is 3.23. The molecule has 0 fully saturated rings. The fourth-order valence-corrected chi connectivity index (χ4v) is 2.42. The molecule has 0 radical (unpaired) electrons. The number of thiophene rings is 1. The van der Waals surface area contributed by atoms with Gasteiger partial charge in [-0.15, -0.1) is 11.3 Å². The van der Waals surface area contributed by atoms with E-state index in [1.54, 1.807) is 11.3 Å². The van der Waals surface area contributed by atoms with E-state index in [0.717, 1.165) is 32.4 Å². The lowest BCUT2D eigenvalue weighted by Crippen LogP contribution is -2.44. The molecule has 1 unspecified atom stereocenters. The lowest BCUT2D eigenvalue weighted by Gasteiger charge is -2.23. The molecule has 102 valence electrons.